The minimum Gasteiger partial charge on any atom is -0.460 e. The lowest BCUT2D eigenvalue weighted by Gasteiger charge is -2.10. The number of esters is 1. The molecule has 1 atom stereocenters. The summed E-state index contributed by atoms with van der Waals surface area (Å²) in [7, 11) is 0. The quantitative estimate of drug-likeness (QED) is 0.414. The molecule has 7 heteroatoms. The predicted octanol–water partition coefficient (Wildman–Crippen LogP) is 0.627. The van der Waals surface area contributed by atoms with E-state index < -0.39 is 5.09 Å². The monoisotopic (exact) mass is 209 g/mol. The Labute approximate surface area is 81.7 Å². The van der Waals surface area contributed by atoms with Crippen molar-refractivity contribution < 1.29 is 24.6 Å². The van der Waals surface area contributed by atoms with Gasteiger partial charge in [-0.05, 0) is 13.8 Å². The smallest absolute Gasteiger partial charge is 0.302 e. The van der Waals surface area contributed by atoms with Crippen LogP contribution in [0.5, 0.6) is 0 Å². The van der Waals surface area contributed by atoms with Crippen LogP contribution >= 0.6 is 0 Å². The van der Waals surface area contributed by atoms with Crippen LogP contribution in [0, 0.1) is 10.1 Å². The second-order valence-electron chi connectivity index (χ2n) is 2.32. The highest BCUT2D eigenvalue weighted by Gasteiger charge is 2.03. The molecule has 0 heterocycles. The number of nitrogens with zero attached hydrogens (tertiary/aromatic N) is 1. The molecule has 0 radical (unpaired) electrons. The zero-order valence-corrected chi connectivity index (χ0v) is 8.43. The second kappa shape index (κ2) is 9.72. The van der Waals surface area contributed by atoms with Crippen LogP contribution in [-0.2, 0) is 14.3 Å². The van der Waals surface area contributed by atoms with Gasteiger partial charge in [0.2, 0.25) is 0 Å². The van der Waals surface area contributed by atoms with E-state index in [1.54, 1.807) is 6.92 Å². The van der Waals surface area contributed by atoms with Crippen LogP contribution in [0.25, 0.3) is 0 Å². The maximum atomic E-state index is 10.3. The van der Waals surface area contributed by atoms with E-state index in [2.05, 4.69) is 0 Å². The highest BCUT2D eigenvalue weighted by molar-refractivity contribution is 5.66. The van der Waals surface area contributed by atoms with Crippen molar-refractivity contribution in [2.24, 2.45) is 0 Å². The number of hydrogen-bond donors (Lipinski definition) is 1. The summed E-state index contributed by atoms with van der Waals surface area (Å²) in [5, 5.41) is 13.6. The molecule has 0 saturated carbocycles. The lowest BCUT2D eigenvalue weighted by molar-refractivity contribution is -0.742. The van der Waals surface area contributed by atoms with Crippen LogP contribution in [0.1, 0.15) is 20.8 Å². The zero-order valence-electron chi connectivity index (χ0n) is 8.43. The van der Waals surface area contributed by atoms with Gasteiger partial charge < -0.3 is 14.7 Å². The highest BCUT2D eigenvalue weighted by Crippen LogP contribution is 1.91. The van der Waals surface area contributed by atoms with E-state index >= 15 is 0 Å². The molecule has 1 unspecified atom stereocenters. The Morgan fingerprint density at radius 3 is 2.36 bits per heavy atom. The van der Waals surface area contributed by atoms with Crippen LogP contribution < -0.4 is 0 Å². The van der Waals surface area contributed by atoms with E-state index in [-0.39, 0.29) is 12.1 Å². The van der Waals surface area contributed by atoms with Gasteiger partial charge in [0.1, 0.15) is 6.10 Å². The molecule has 0 aliphatic rings. The molecular weight excluding hydrogens is 194 g/mol. The topological polar surface area (TPSA) is 98.9 Å². The molecule has 0 fully saturated rings. The minimum absolute atomic E-state index is 0.127. The normalized spacial score (nSPS) is 10.8. The van der Waals surface area contributed by atoms with Crippen LogP contribution in [0.15, 0.2) is 0 Å². The highest BCUT2D eigenvalue weighted by atomic mass is 16.9. The molecule has 7 nitrogen and oxygen atoms in total. The molecule has 84 valence electrons. The molecule has 0 aliphatic carbocycles. The first-order chi connectivity index (χ1) is 6.40. The molecule has 0 bridgehead atoms. The van der Waals surface area contributed by atoms with Gasteiger partial charge in [-0.3, -0.25) is 4.79 Å². The summed E-state index contributed by atoms with van der Waals surface area (Å²) in [6.07, 6.45) is -0.127. The maximum absolute atomic E-state index is 10.3. The van der Waals surface area contributed by atoms with Crippen molar-refractivity contribution >= 4 is 5.97 Å². The molecule has 0 saturated heterocycles. The number of hydrogen-bond acceptors (Lipinski definition) is 5. The fourth-order valence-electron chi connectivity index (χ4n) is 0.601. The minimum atomic E-state index is -1.50. The fraction of sp³-hybridized carbons (Fsp3) is 0.857. The van der Waals surface area contributed by atoms with Crippen molar-refractivity contribution in [1.82, 2.24) is 0 Å². The molecule has 0 amide bonds. The van der Waals surface area contributed by atoms with Crippen molar-refractivity contribution in [2.75, 3.05) is 13.2 Å². The van der Waals surface area contributed by atoms with Gasteiger partial charge >= 0.3 is 5.97 Å². The van der Waals surface area contributed by atoms with E-state index in [1.165, 1.54) is 6.92 Å². The molecule has 0 rings (SSSR count). The van der Waals surface area contributed by atoms with Gasteiger partial charge in [0, 0.05) is 13.5 Å². The number of carbonyl (C=O) groups is 1. The van der Waals surface area contributed by atoms with E-state index in [0.29, 0.717) is 13.2 Å². The fourth-order valence-corrected chi connectivity index (χ4v) is 0.601. The van der Waals surface area contributed by atoms with Gasteiger partial charge in [0.25, 0.3) is 5.09 Å². The molecule has 0 spiro atoms. The summed E-state index contributed by atoms with van der Waals surface area (Å²) in [6, 6.07) is 0. The van der Waals surface area contributed by atoms with E-state index in [0.717, 1.165) is 0 Å². The van der Waals surface area contributed by atoms with Gasteiger partial charge in [-0.2, -0.15) is 0 Å². The molecule has 0 aromatic carbocycles. The predicted molar refractivity (Wildman–Crippen MR) is 46.5 cm³/mol. The summed E-state index contributed by atoms with van der Waals surface area (Å²) < 4.78 is 9.81. The standard InChI is InChI=1S/C7H14O3.HNO3/c1-4-9-5-6(2)10-7(3)8;2-1(3)4/h6H,4-5H2,1-3H3;(H,2,3,4). The Morgan fingerprint density at radius 1 is 1.64 bits per heavy atom. The van der Waals surface area contributed by atoms with Gasteiger partial charge in [-0.15, -0.1) is 10.1 Å². The Morgan fingerprint density at radius 2 is 2.07 bits per heavy atom. The summed E-state index contributed by atoms with van der Waals surface area (Å²) in [4.78, 5) is 18.7. The molecule has 0 aliphatic heterocycles. The van der Waals surface area contributed by atoms with Gasteiger partial charge in [0.15, 0.2) is 0 Å². The molecule has 1 N–H and O–H groups in total. The second-order valence-corrected chi connectivity index (χ2v) is 2.32. The lowest BCUT2D eigenvalue weighted by Crippen LogP contribution is -2.18. The third kappa shape index (κ3) is 22.4. The van der Waals surface area contributed by atoms with Crippen molar-refractivity contribution in [2.45, 2.75) is 26.9 Å². The largest absolute Gasteiger partial charge is 0.460 e. The summed E-state index contributed by atoms with van der Waals surface area (Å²) in [5.74, 6) is -0.257. The molecule has 0 aromatic rings. The maximum Gasteiger partial charge on any atom is 0.302 e. The lowest BCUT2D eigenvalue weighted by atomic mass is 10.4. The van der Waals surface area contributed by atoms with E-state index in [4.69, 9.17) is 24.8 Å². The Balaban J connectivity index is 0. The van der Waals surface area contributed by atoms with Crippen LogP contribution in [-0.4, -0.2) is 35.6 Å². The molecule has 0 aromatic heterocycles. The zero-order chi connectivity index (χ0) is 11.6. The molecule has 14 heavy (non-hydrogen) atoms. The Kier molecular flexibility index (Phi) is 10.5. The van der Waals surface area contributed by atoms with Crippen molar-refractivity contribution in [3.8, 4) is 0 Å². The summed E-state index contributed by atoms with van der Waals surface area (Å²) in [5.41, 5.74) is 0. The van der Waals surface area contributed by atoms with Crippen LogP contribution in [0.2, 0.25) is 0 Å². The first-order valence-corrected chi connectivity index (χ1v) is 3.98. The number of ether oxygens (including phenoxy) is 2. The van der Waals surface area contributed by atoms with Gasteiger partial charge in [0.05, 0.1) is 6.61 Å². The third-order valence-corrected chi connectivity index (χ3v) is 0.924. The first-order valence-electron chi connectivity index (χ1n) is 3.98. The first kappa shape index (κ1) is 15.1. The number of rotatable bonds is 4. The van der Waals surface area contributed by atoms with Gasteiger partial charge in [-0.25, -0.2) is 0 Å². The van der Waals surface area contributed by atoms with Crippen LogP contribution in [0.3, 0.4) is 0 Å². The van der Waals surface area contributed by atoms with Crippen molar-refractivity contribution in [1.29, 1.82) is 0 Å². The summed E-state index contributed by atoms with van der Waals surface area (Å²) >= 11 is 0. The Hall–Kier alpha value is -1.37. The van der Waals surface area contributed by atoms with E-state index in [1.807, 2.05) is 6.92 Å². The van der Waals surface area contributed by atoms with E-state index in [9.17, 15) is 4.79 Å². The average molecular weight is 209 g/mol. The SMILES string of the molecule is CCOCC(C)OC(C)=O.O=[N+]([O-])O. The van der Waals surface area contributed by atoms with Crippen LogP contribution in [0.4, 0.5) is 0 Å². The Bertz CT molecular complexity index is 168. The molecular formula is C7H15NO6. The number of carbonyl (C=O) groups excluding carboxylic acids is 1. The van der Waals surface area contributed by atoms with Crippen molar-refractivity contribution in [3.63, 3.8) is 0 Å². The average Bonchev–Trinajstić information content (AvgIpc) is 1.98. The van der Waals surface area contributed by atoms with Crippen molar-refractivity contribution in [3.05, 3.63) is 10.1 Å². The summed E-state index contributed by atoms with van der Waals surface area (Å²) in [6.45, 7) is 6.24. The third-order valence-electron chi connectivity index (χ3n) is 0.924. The van der Waals surface area contributed by atoms with Gasteiger partial charge in [-0.1, -0.05) is 0 Å².